The van der Waals surface area contributed by atoms with Crippen LogP contribution in [0, 0.1) is 0 Å². The second-order valence-electron chi connectivity index (χ2n) is 3.75. The van der Waals surface area contributed by atoms with Gasteiger partial charge in [0, 0.05) is 26.5 Å². The molecule has 0 radical (unpaired) electrons. The van der Waals surface area contributed by atoms with E-state index < -0.39 is 0 Å². The maximum atomic E-state index is 11.7. The molecule has 0 fully saturated rings. The van der Waals surface area contributed by atoms with E-state index in [2.05, 4.69) is 15.1 Å². The van der Waals surface area contributed by atoms with Crippen LogP contribution in [0.5, 0.6) is 0 Å². The number of hydrogen-bond donors (Lipinski definition) is 0. The van der Waals surface area contributed by atoms with E-state index >= 15 is 0 Å². The fourth-order valence-corrected chi connectivity index (χ4v) is 2.23. The molecule has 0 saturated heterocycles. The van der Waals surface area contributed by atoms with Crippen LogP contribution in [0.15, 0.2) is 23.6 Å². The summed E-state index contributed by atoms with van der Waals surface area (Å²) in [5, 5.41) is 4.59. The van der Waals surface area contributed by atoms with Crippen LogP contribution in [0.1, 0.15) is 6.92 Å². The maximum absolute atomic E-state index is 11.7. The highest BCUT2D eigenvalue weighted by molar-refractivity contribution is 8.00. The predicted octanol–water partition coefficient (Wildman–Crippen LogP) is 0.693. The largest absolute Gasteiger partial charge is 0.348 e. The molecule has 17 heavy (non-hydrogen) atoms. The second-order valence-corrected chi connectivity index (χ2v) is 5.06. The Bertz CT molecular complexity index is 505. The average Bonchev–Trinajstić information content (AvgIpc) is 2.69. The molecule has 0 N–H and O–H groups in total. The van der Waals surface area contributed by atoms with E-state index in [0.717, 1.165) is 0 Å². The first-order valence-corrected chi connectivity index (χ1v) is 6.01. The van der Waals surface area contributed by atoms with Crippen molar-refractivity contribution in [1.29, 1.82) is 0 Å². The molecule has 0 aliphatic carbocycles. The number of carbonyl (C=O) groups excluding carboxylic acids is 1. The summed E-state index contributed by atoms with van der Waals surface area (Å²) in [6, 6.07) is 1.78. The molecule has 1 amide bonds. The average molecular weight is 251 g/mol. The van der Waals surface area contributed by atoms with E-state index in [4.69, 9.17) is 0 Å². The highest BCUT2D eigenvalue weighted by Gasteiger charge is 2.18. The van der Waals surface area contributed by atoms with Crippen molar-refractivity contribution >= 4 is 23.4 Å². The number of carbonyl (C=O) groups is 1. The molecule has 0 aliphatic rings. The third kappa shape index (κ3) is 2.55. The highest BCUT2D eigenvalue weighted by atomic mass is 32.2. The van der Waals surface area contributed by atoms with Crippen LogP contribution >= 0.6 is 11.8 Å². The van der Waals surface area contributed by atoms with Crippen LogP contribution in [-0.4, -0.2) is 49.7 Å². The van der Waals surface area contributed by atoms with Gasteiger partial charge in [0.2, 0.25) is 11.1 Å². The molecule has 0 bridgehead atoms. The van der Waals surface area contributed by atoms with Crippen molar-refractivity contribution in [3.05, 3.63) is 18.5 Å². The quantitative estimate of drug-likeness (QED) is 0.751. The molecule has 2 aromatic rings. The number of rotatable bonds is 3. The molecular formula is C10H13N5OS. The van der Waals surface area contributed by atoms with Gasteiger partial charge in [0.1, 0.15) is 0 Å². The Morgan fingerprint density at radius 1 is 1.53 bits per heavy atom. The van der Waals surface area contributed by atoms with Gasteiger partial charge in [-0.1, -0.05) is 11.8 Å². The van der Waals surface area contributed by atoms with Crippen molar-refractivity contribution in [2.24, 2.45) is 0 Å². The molecule has 0 saturated carbocycles. The molecular weight excluding hydrogens is 238 g/mol. The van der Waals surface area contributed by atoms with Crippen LogP contribution < -0.4 is 0 Å². The number of nitrogens with zero attached hydrogens (tertiary/aromatic N) is 5. The minimum Gasteiger partial charge on any atom is -0.348 e. The van der Waals surface area contributed by atoms with E-state index in [1.807, 2.05) is 6.92 Å². The van der Waals surface area contributed by atoms with Gasteiger partial charge >= 0.3 is 0 Å². The highest BCUT2D eigenvalue weighted by Crippen LogP contribution is 2.20. The lowest BCUT2D eigenvalue weighted by molar-refractivity contribution is -0.127. The zero-order valence-corrected chi connectivity index (χ0v) is 10.7. The first-order valence-electron chi connectivity index (χ1n) is 5.13. The van der Waals surface area contributed by atoms with Crippen molar-refractivity contribution in [2.45, 2.75) is 17.3 Å². The van der Waals surface area contributed by atoms with Crippen LogP contribution in [0.4, 0.5) is 0 Å². The van der Waals surface area contributed by atoms with Gasteiger partial charge in [0.05, 0.1) is 5.25 Å². The van der Waals surface area contributed by atoms with Gasteiger partial charge in [-0.15, -0.1) is 5.10 Å². The lowest BCUT2D eigenvalue weighted by Crippen LogP contribution is -2.29. The van der Waals surface area contributed by atoms with Gasteiger partial charge < -0.3 is 4.90 Å². The van der Waals surface area contributed by atoms with Gasteiger partial charge in [-0.2, -0.15) is 4.98 Å². The standard InChI is InChI=1S/C10H13N5OS/c1-7(8(16)14(2)3)17-10-12-9-11-5-4-6-15(9)13-10/h4-7H,1-3H3/t7-/m0/s1. The van der Waals surface area contributed by atoms with Crippen molar-refractivity contribution in [1.82, 2.24) is 24.5 Å². The first-order chi connectivity index (χ1) is 8.08. The molecule has 2 heterocycles. The van der Waals surface area contributed by atoms with Crippen LogP contribution in [0.25, 0.3) is 5.78 Å². The molecule has 7 heteroatoms. The fourth-order valence-electron chi connectivity index (χ4n) is 1.34. The van der Waals surface area contributed by atoms with Gasteiger partial charge in [-0.25, -0.2) is 9.50 Å². The third-order valence-electron chi connectivity index (χ3n) is 2.17. The summed E-state index contributed by atoms with van der Waals surface area (Å²) in [6.07, 6.45) is 3.44. The SMILES string of the molecule is C[C@H](Sc1nc2ncccn2n1)C(=O)N(C)C. The number of thioether (sulfide) groups is 1. The molecule has 1 atom stereocenters. The number of aromatic nitrogens is 4. The zero-order chi connectivity index (χ0) is 12.4. The Kier molecular flexibility index (Phi) is 3.28. The van der Waals surface area contributed by atoms with Crippen LogP contribution in [-0.2, 0) is 4.79 Å². The number of hydrogen-bond acceptors (Lipinski definition) is 5. The Hall–Kier alpha value is -1.63. The van der Waals surface area contributed by atoms with Crippen molar-refractivity contribution in [3.8, 4) is 0 Å². The lowest BCUT2D eigenvalue weighted by Gasteiger charge is -2.14. The molecule has 6 nitrogen and oxygen atoms in total. The molecule has 90 valence electrons. The summed E-state index contributed by atoms with van der Waals surface area (Å²) in [6.45, 7) is 1.84. The lowest BCUT2D eigenvalue weighted by atomic mass is 10.4. The number of amides is 1. The topological polar surface area (TPSA) is 63.4 Å². The summed E-state index contributed by atoms with van der Waals surface area (Å²) in [5.74, 6) is 0.585. The summed E-state index contributed by atoms with van der Waals surface area (Å²) in [7, 11) is 3.47. The normalized spacial score (nSPS) is 12.6. The van der Waals surface area contributed by atoms with Crippen molar-refractivity contribution in [2.75, 3.05) is 14.1 Å². The van der Waals surface area contributed by atoms with Crippen molar-refractivity contribution in [3.63, 3.8) is 0 Å². The Morgan fingerprint density at radius 2 is 2.29 bits per heavy atom. The zero-order valence-electron chi connectivity index (χ0n) is 9.86. The first kappa shape index (κ1) is 11.8. The maximum Gasteiger partial charge on any atom is 0.253 e. The predicted molar refractivity (Wildman–Crippen MR) is 64.8 cm³/mol. The Balaban J connectivity index is 2.16. The van der Waals surface area contributed by atoms with E-state index in [1.165, 1.54) is 11.8 Å². The van der Waals surface area contributed by atoms with E-state index in [9.17, 15) is 4.79 Å². The molecule has 0 aliphatic heterocycles. The van der Waals surface area contributed by atoms with Gasteiger partial charge in [-0.05, 0) is 13.0 Å². The summed E-state index contributed by atoms with van der Waals surface area (Å²) < 4.78 is 1.59. The summed E-state index contributed by atoms with van der Waals surface area (Å²) in [5.41, 5.74) is 0. The molecule has 0 unspecified atom stereocenters. The van der Waals surface area contributed by atoms with Gasteiger partial charge in [-0.3, -0.25) is 4.79 Å². The van der Waals surface area contributed by atoms with E-state index in [0.29, 0.717) is 10.9 Å². The monoisotopic (exact) mass is 251 g/mol. The molecule has 0 aromatic carbocycles. The second kappa shape index (κ2) is 4.70. The summed E-state index contributed by atoms with van der Waals surface area (Å²) >= 11 is 1.33. The minimum absolute atomic E-state index is 0.0433. The smallest absolute Gasteiger partial charge is 0.253 e. The Morgan fingerprint density at radius 3 is 2.94 bits per heavy atom. The molecule has 2 aromatic heterocycles. The minimum atomic E-state index is -0.206. The third-order valence-corrected chi connectivity index (χ3v) is 3.11. The Labute approximate surface area is 103 Å². The fraction of sp³-hybridized carbons (Fsp3) is 0.400. The molecule has 0 spiro atoms. The van der Waals surface area contributed by atoms with Crippen LogP contribution in [0.3, 0.4) is 0 Å². The summed E-state index contributed by atoms with van der Waals surface area (Å²) in [4.78, 5) is 21.5. The van der Waals surface area contributed by atoms with Crippen LogP contribution in [0.2, 0.25) is 0 Å². The van der Waals surface area contributed by atoms with E-state index in [1.54, 1.807) is 42.0 Å². The van der Waals surface area contributed by atoms with E-state index in [-0.39, 0.29) is 11.2 Å². The number of fused-ring (bicyclic) bond motifs is 1. The van der Waals surface area contributed by atoms with Gasteiger partial charge in [0.25, 0.3) is 5.78 Å². The van der Waals surface area contributed by atoms with Gasteiger partial charge in [0.15, 0.2) is 0 Å². The van der Waals surface area contributed by atoms with Crippen molar-refractivity contribution < 1.29 is 4.79 Å². The molecule has 2 rings (SSSR count).